The second-order valence-corrected chi connectivity index (χ2v) is 19.5. The molecule has 7 nitrogen and oxygen atoms in total. The summed E-state index contributed by atoms with van der Waals surface area (Å²) in [7, 11) is 0. The van der Waals surface area contributed by atoms with Crippen LogP contribution in [-0.2, 0) is 9.59 Å². The third-order valence-electron chi connectivity index (χ3n) is 10.0. The topological polar surface area (TPSA) is 96.5 Å². The Balaban J connectivity index is 1.89. The van der Waals surface area contributed by atoms with Crippen LogP contribution in [0, 0.1) is 42.4 Å². The van der Waals surface area contributed by atoms with Gasteiger partial charge in [0.25, 0.3) is 0 Å². The summed E-state index contributed by atoms with van der Waals surface area (Å²) in [6.07, 6.45) is 7.80. The minimum Gasteiger partial charge on any atom is -0.289 e. The van der Waals surface area contributed by atoms with Gasteiger partial charge in [-0.2, -0.15) is 10.2 Å². The molecule has 5 rings (SSSR count). The minimum atomic E-state index is -0.432. The van der Waals surface area contributed by atoms with Gasteiger partial charge in [-0.25, -0.2) is 4.98 Å². The molecule has 0 unspecified atom stereocenters. The number of allylic oxidation sites excluding steroid dienone is 10. The van der Waals surface area contributed by atoms with Crippen LogP contribution in [0.3, 0.4) is 0 Å². The van der Waals surface area contributed by atoms with Crippen LogP contribution in [0.4, 0.5) is 11.4 Å². The van der Waals surface area contributed by atoms with Crippen molar-refractivity contribution in [3.8, 4) is 0 Å². The van der Waals surface area contributed by atoms with Crippen molar-refractivity contribution in [2.24, 2.45) is 42.1 Å². The van der Waals surface area contributed by atoms with Gasteiger partial charge in [-0.3, -0.25) is 9.59 Å². The van der Waals surface area contributed by atoms with Crippen LogP contribution < -0.4 is 0 Å². The molecule has 0 N–H and O–H groups in total. The molecule has 0 fully saturated rings. The summed E-state index contributed by atoms with van der Waals surface area (Å²) in [5.41, 5.74) is 9.26. The lowest BCUT2D eigenvalue weighted by Crippen LogP contribution is -2.28. The first-order valence-electron chi connectivity index (χ1n) is 19.8. The first-order valence-corrected chi connectivity index (χ1v) is 19.8. The van der Waals surface area contributed by atoms with Gasteiger partial charge in [0.15, 0.2) is 11.6 Å². The summed E-state index contributed by atoms with van der Waals surface area (Å²) in [6, 6.07) is 19.7. The highest BCUT2D eigenvalue weighted by Gasteiger charge is 2.36. The predicted molar refractivity (Wildman–Crippen MR) is 234 cm³/mol. The largest absolute Gasteiger partial charge is 0.289 e. The fraction of sp³-hybridized carbons (Fsp3) is 0.380. The normalized spacial score (nSPS) is 15.9. The van der Waals surface area contributed by atoms with Crippen molar-refractivity contribution in [1.82, 2.24) is 4.98 Å². The zero-order chi connectivity index (χ0) is 42.2. The average molecular weight is 762 g/mol. The lowest BCUT2D eigenvalue weighted by molar-refractivity contribution is -0.114. The molecule has 2 aromatic carbocycles. The number of aryl methyl sites for hydroxylation is 3. The molecule has 0 bridgehead atoms. The molecule has 0 aliphatic heterocycles. The molecular formula is C50H59N5O2. The summed E-state index contributed by atoms with van der Waals surface area (Å²) < 4.78 is 0. The molecule has 0 saturated carbocycles. The first-order chi connectivity index (χ1) is 26.3. The van der Waals surface area contributed by atoms with Gasteiger partial charge >= 0.3 is 0 Å². The summed E-state index contributed by atoms with van der Waals surface area (Å²) in [4.78, 5) is 33.4. The highest BCUT2D eigenvalue weighted by atomic mass is 16.1. The van der Waals surface area contributed by atoms with Crippen LogP contribution in [0.25, 0.3) is 11.4 Å². The van der Waals surface area contributed by atoms with Gasteiger partial charge < -0.3 is 0 Å². The highest BCUT2D eigenvalue weighted by Crippen LogP contribution is 2.43. The molecule has 1 heterocycles. The fourth-order valence-electron chi connectivity index (χ4n) is 6.62. The fourth-order valence-corrected chi connectivity index (χ4v) is 6.62. The molecule has 0 atom stereocenters. The quantitative estimate of drug-likeness (QED) is 0.234. The molecular weight excluding hydrogens is 703 g/mol. The number of carbonyl (C=O) groups excluding carboxylic acids is 2. The number of azo groups is 2. The van der Waals surface area contributed by atoms with E-state index in [1.165, 1.54) is 0 Å². The van der Waals surface area contributed by atoms with Gasteiger partial charge in [0.1, 0.15) is 11.4 Å². The van der Waals surface area contributed by atoms with Crippen molar-refractivity contribution in [2.75, 3.05) is 0 Å². The number of Topliss-reactive ketones (excluding diaryl/α,β-unsaturated/α-hetero) is 2. The van der Waals surface area contributed by atoms with Crippen LogP contribution in [-0.4, -0.2) is 16.6 Å². The number of pyridine rings is 1. The maximum Gasteiger partial charge on any atom is 0.186 e. The predicted octanol–water partition coefficient (Wildman–Crippen LogP) is 14.1. The van der Waals surface area contributed by atoms with E-state index >= 15 is 0 Å². The standard InChI is InChI=1S/C50H59N5O2/c1-30-16-20-35(21-17-30)52-54-43(33-26-37(47(4,5)6)45(56)38(27-33)48(7,8)9)41-24-32(3)25-42(51-41)44(55-53-36-22-18-31(2)19-23-36)34-28-39(49(10,11)12)46(57)40(29-34)50(13,14)15/h16-29H,1-15H3/b54-52+,55-53+. The molecule has 0 amide bonds. The van der Waals surface area contributed by atoms with Crippen LogP contribution >= 0.6 is 0 Å². The third-order valence-corrected chi connectivity index (χ3v) is 10.0. The van der Waals surface area contributed by atoms with Crippen molar-refractivity contribution in [3.05, 3.63) is 146 Å². The molecule has 3 aromatic rings. The van der Waals surface area contributed by atoms with Crippen molar-refractivity contribution in [1.29, 1.82) is 0 Å². The van der Waals surface area contributed by atoms with Crippen LogP contribution in [0.15, 0.2) is 139 Å². The van der Waals surface area contributed by atoms with E-state index in [1.54, 1.807) is 0 Å². The molecule has 0 spiro atoms. The zero-order valence-electron chi connectivity index (χ0n) is 36.6. The second-order valence-electron chi connectivity index (χ2n) is 19.5. The monoisotopic (exact) mass is 761 g/mol. The number of hydrogen-bond acceptors (Lipinski definition) is 7. The number of benzene rings is 2. The smallest absolute Gasteiger partial charge is 0.186 e. The van der Waals surface area contributed by atoms with Crippen molar-refractivity contribution >= 4 is 34.3 Å². The van der Waals surface area contributed by atoms with Gasteiger partial charge in [0.2, 0.25) is 0 Å². The van der Waals surface area contributed by atoms with Gasteiger partial charge in [-0.1, -0.05) is 118 Å². The van der Waals surface area contributed by atoms with Gasteiger partial charge in [0.05, 0.1) is 22.8 Å². The SMILES string of the molecule is Cc1ccc(/N=N/C(=C2C=C(C(C)(C)C)C(=O)C(C(C)(C)C)=C2)c2cc(C)cc(C(/N=N/c3ccc(C)cc3)=C3C=C(C(C)(C)C)C(=O)C(C(C)(C)C)=C3)n2)cc1. The number of rotatable bonds is 6. The molecule has 0 saturated heterocycles. The molecule has 2 aliphatic rings. The summed E-state index contributed by atoms with van der Waals surface area (Å²) >= 11 is 0. The van der Waals surface area contributed by atoms with Gasteiger partial charge in [-0.15, -0.1) is 10.2 Å². The van der Waals surface area contributed by atoms with E-state index in [9.17, 15) is 9.59 Å². The highest BCUT2D eigenvalue weighted by molar-refractivity contribution is 6.13. The molecule has 2 aliphatic carbocycles. The van der Waals surface area contributed by atoms with E-state index < -0.39 is 21.7 Å². The van der Waals surface area contributed by atoms with E-state index in [4.69, 9.17) is 25.4 Å². The number of ketones is 2. The molecule has 7 heteroatoms. The second kappa shape index (κ2) is 15.8. The minimum absolute atomic E-state index is 0.0322. The van der Waals surface area contributed by atoms with Crippen LogP contribution in [0.1, 0.15) is 111 Å². The molecule has 0 radical (unpaired) electrons. The van der Waals surface area contributed by atoms with Crippen molar-refractivity contribution in [3.63, 3.8) is 0 Å². The molecule has 1 aromatic heterocycles. The zero-order valence-corrected chi connectivity index (χ0v) is 36.6. The Labute approximate surface area is 340 Å². The lowest BCUT2D eigenvalue weighted by Gasteiger charge is -2.31. The lowest BCUT2D eigenvalue weighted by atomic mass is 9.71. The maximum absolute atomic E-state index is 14.0. The van der Waals surface area contributed by atoms with E-state index in [0.29, 0.717) is 56.4 Å². The van der Waals surface area contributed by atoms with E-state index in [1.807, 2.05) is 106 Å². The van der Waals surface area contributed by atoms with Gasteiger partial charge in [0, 0.05) is 33.4 Å². The number of hydrogen-bond donors (Lipinski definition) is 0. The van der Waals surface area contributed by atoms with Crippen molar-refractivity contribution in [2.45, 2.75) is 104 Å². The Bertz CT molecular complexity index is 2110. The first kappa shape index (κ1) is 42.7. The third kappa shape index (κ3) is 10.1. The van der Waals surface area contributed by atoms with Crippen LogP contribution in [0.2, 0.25) is 0 Å². The summed E-state index contributed by atoms with van der Waals surface area (Å²) in [5.74, 6) is 0.0643. The van der Waals surface area contributed by atoms with Crippen LogP contribution in [0.5, 0.6) is 0 Å². The Morgan fingerprint density at radius 1 is 0.439 bits per heavy atom. The van der Waals surface area contributed by atoms with E-state index in [0.717, 1.165) is 27.8 Å². The average Bonchev–Trinajstić information content (AvgIpc) is 3.09. The Morgan fingerprint density at radius 2 is 0.719 bits per heavy atom. The van der Waals surface area contributed by atoms with E-state index in [-0.39, 0.29) is 11.6 Å². The molecule has 57 heavy (non-hydrogen) atoms. The summed E-state index contributed by atoms with van der Waals surface area (Å²) in [6.45, 7) is 30.8. The molecule has 296 valence electrons. The number of nitrogens with zero attached hydrogens (tertiary/aromatic N) is 5. The Hall–Kier alpha value is -5.43. The van der Waals surface area contributed by atoms with Crippen molar-refractivity contribution < 1.29 is 9.59 Å². The number of carbonyl (C=O) groups is 2. The van der Waals surface area contributed by atoms with E-state index in [2.05, 4.69) is 83.1 Å². The Morgan fingerprint density at radius 3 is 0.982 bits per heavy atom. The van der Waals surface area contributed by atoms with Gasteiger partial charge in [-0.05, 0) is 109 Å². The Kier molecular flexibility index (Phi) is 11.9. The number of aromatic nitrogens is 1. The summed E-state index contributed by atoms with van der Waals surface area (Å²) in [5, 5.41) is 19.3. The maximum atomic E-state index is 14.0.